The summed E-state index contributed by atoms with van der Waals surface area (Å²) in [6, 6.07) is 2.06. The van der Waals surface area contributed by atoms with Crippen LogP contribution in [0.15, 0.2) is 0 Å². The Hall–Kier alpha value is 0.0400. The SMILES string of the molecule is CCCCN(CCC#N)c1nc(C(Cl)(Cl)Cl)nc(C(Cl)(Cl)Cl)n1. The van der Waals surface area contributed by atoms with Gasteiger partial charge in [0.2, 0.25) is 13.5 Å². The van der Waals surface area contributed by atoms with Crippen LogP contribution in [0.3, 0.4) is 0 Å². The van der Waals surface area contributed by atoms with Crippen LogP contribution < -0.4 is 4.90 Å². The largest absolute Gasteiger partial charge is 0.340 e. The van der Waals surface area contributed by atoms with Gasteiger partial charge in [0, 0.05) is 13.1 Å². The standard InChI is InChI=1S/C12H13Cl6N5/c1-2-3-6-23(7-4-5-19)10-21-8(11(13,14)15)20-9(22-10)12(16,17)18/h2-4,6-7H2,1H3. The number of anilines is 1. The summed E-state index contributed by atoms with van der Waals surface area (Å²) in [4.78, 5) is 14.0. The molecule has 0 fully saturated rings. The van der Waals surface area contributed by atoms with E-state index in [-0.39, 0.29) is 24.0 Å². The number of nitrogens with zero attached hydrogens (tertiary/aromatic N) is 5. The second-order valence-electron chi connectivity index (χ2n) is 4.53. The molecule has 0 amide bonds. The van der Waals surface area contributed by atoms with Gasteiger partial charge in [-0.15, -0.1) is 0 Å². The van der Waals surface area contributed by atoms with E-state index in [1.807, 2.05) is 6.92 Å². The lowest BCUT2D eigenvalue weighted by atomic mass is 10.3. The maximum absolute atomic E-state index is 8.80. The van der Waals surface area contributed by atoms with Gasteiger partial charge >= 0.3 is 0 Å². The highest BCUT2D eigenvalue weighted by molar-refractivity contribution is 6.67. The number of rotatable bonds is 6. The van der Waals surface area contributed by atoms with Crippen molar-refractivity contribution in [1.29, 1.82) is 5.26 Å². The molecule has 0 saturated carbocycles. The highest BCUT2D eigenvalue weighted by Crippen LogP contribution is 2.40. The van der Waals surface area contributed by atoms with Crippen LogP contribution in [0.25, 0.3) is 0 Å². The minimum absolute atomic E-state index is 0.146. The van der Waals surface area contributed by atoms with Crippen LogP contribution in [0.1, 0.15) is 37.8 Å². The Balaban J connectivity index is 3.32. The third-order valence-electron chi connectivity index (χ3n) is 2.69. The first-order chi connectivity index (χ1) is 10.6. The molecule has 23 heavy (non-hydrogen) atoms. The first kappa shape index (κ1) is 21.1. The Bertz CT molecular complexity index is 530. The van der Waals surface area contributed by atoms with Gasteiger partial charge in [-0.2, -0.15) is 15.2 Å². The summed E-state index contributed by atoms with van der Waals surface area (Å²) in [6.07, 6.45) is 2.09. The minimum Gasteiger partial charge on any atom is -0.340 e. The number of unbranched alkanes of at least 4 members (excludes halogenated alkanes) is 1. The average Bonchev–Trinajstić information content (AvgIpc) is 2.45. The maximum atomic E-state index is 8.80. The zero-order valence-corrected chi connectivity index (χ0v) is 16.6. The zero-order valence-electron chi connectivity index (χ0n) is 12.0. The first-order valence-corrected chi connectivity index (χ1v) is 8.88. The van der Waals surface area contributed by atoms with E-state index in [1.54, 1.807) is 4.90 Å². The molecule has 0 atom stereocenters. The van der Waals surface area contributed by atoms with E-state index >= 15 is 0 Å². The molecule has 11 heteroatoms. The molecule has 1 aromatic heterocycles. The summed E-state index contributed by atoms with van der Waals surface area (Å²) in [6.45, 7) is 3.05. The predicted molar refractivity (Wildman–Crippen MR) is 95.7 cm³/mol. The summed E-state index contributed by atoms with van der Waals surface area (Å²) >= 11 is 35.1. The summed E-state index contributed by atoms with van der Waals surface area (Å²) in [5.41, 5.74) is 0. The summed E-state index contributed by atoms with van der Waals surface area (Å²) in [5, 5.41) is 8.80. The van der Waals surface area contributed by atoms with Crippen LogP contribution in [0.5, 0.6) is 0 Å². The summed E-state index contributed by atoms with van der Waals surface area (Å²) < 4.78 is -3.79. The van der Waals surface area contributed by atoms with Crippen LogP contribution in [0, 0.1) is 11.3 Å². The predicted octanol–water partition coefficient (Wildman–Crippen LogP) is 5.05. The molecule has 0 bridgehead atoms. The molecule has 0 radical (unpaired) electrons. The number of nitriles is 1. The van der Waals surface area contributed by atoms with E-state index in [2.05, 4.69) is 21.0 Å². The molecule has 0 aliphatic rings. The highest BCUT2D eigenvalue weighted by Gasteiger charge is 2.34. The highest BCUT2D eigenvalue weighted by atomic mass is 35.6. The van der Waals surface area contributed by atoms with Gasteiger partial charge in [0.1, 0.15) is 0 Å². The van der Waals surface area contributed by atoms with Crippen molar-refractivity contribution in [2.45, 2.75) is 33.8 Å². The third kappa shape index (κ3) is 6.81. The van der Waals surface area contributed by atoms with Crippen LogP contribution in [-0.4, -0.2) is 28.0 Å². The normalized spacial score (nSPS) is 12.1. The van der Waals surface area contributed by atoms with Gasteiger partial charge in [0.25, 0.3) is 0 Å². The van der Waals surface area contributed by atoms with Gasteiger partial charge in [-0.3, -0.25) is 0 Å². The van der Waals surface area contributed by atoms with Gasteiger partial charge in [-0.25, -0.2) is 4.98 Å². The van der Waals surface area contributed by atoms with E-state index in [0.717, 1.165) is 12.8 Å². The van der Waals surface area contributed by atoms with E-state index < -0.39 is 7.59 Å². The second kappa shape index (κ2) is 8.94. The number of halogens is 6. The molecule has 0 unspecified atom stereocenters. The number of aromatic nitrogens is 3. The number of hydrogen-bond donors (Lipinski definition) is 0. The van der Waals surface area contributed by atoms with Crippen LogP contribution in [0.4, 0.5) is 5.95 Å². The Morgan fingerprint density at radius 2 is 1.48 bits per heavy atom. The van der Waals surface area contributed by atoms with Crippen molar-refractivity contribution in [2.24, 2.45) is 0 Å². The van der Waals surface area contributed by atoms with Crippen molar-refractivity contribution in [3.05, 3.63) is 11.6 Å². The van der Waals surface area contributed by atoms with E-state index in [9.17, 15) is 0 Å². The Labute approximate surface area is 164 Å². The van der Waals surface area contributed by atoms with Gasteiger partial charge in [0.05, 0.1) is 12.5 Å². The molecule has 0 aliphatic carbocycles. The molecule has 1 heterocycles. The molecular formula is C12H13Cl6N5. The van der Waals surface area contributed by atoms with Crippen molar-refractivity contribution in [1.82, 2.24) is 15.0 Å². The van der Waals surface area contributed by atoms with Crippen molar-refractivity contribution >= 4 is 75.6 Å². The summed E-state index contributed by atoms with van der Waals surface area (Å²) in [7, 11) is 0. The van der Waals surface area contributed by atoms with Gasteiger partial charge in [-0.05, 0) is 6.42 Å². The first-order valence-electron chi connectivity index (χ1n) is 6.62. The fourth-order valence-corrected chi connectivity index (χ4v) is 2.11. The zero-order chi connectivity index (χ0) is 17.7. The summed E-state index contributed by atoms with van der Waals surface area (Å²) in [5.74, 6) is -0.0917. The lowest BCUT2D eigenvalue weighted by Crippen LogP contribution is -2.30. The quantitative estimate of drug-likeness (QED) is 0.580. The monoisotopic (exact) mass is 437 g/mol. The van der Waals surface area contributed by atoms with Crippen molar-refractivity contribution in [3.63, 3.8) is 0 Å². The molecule has 128 valence electrons. The molecule has 5 nitrogen and oxygen atoms in total. The fourth-order valence-electron chi connectivity index (χ4n) is 1.61. The third-order valence-corrected chi connectivity index (χ3v) is 3.70. The molecule has 0 spiro atoms. The minimum atomic E-state index is -1.89. The molecule has 1 rings (SSSR count). The van der Waals surface area contributed by atoms with Crippen molar-refractivity contribution in [2.75, 3.05) is 18.0 Å². The van der Waals surface area contributed by atoms with Crippen molar-refractivity contribution < 1.29 is 0 Å². The Morgan fingerprint density at radius 1 is 0.957 bits per heavy atom. The maximum Gasteiger partial charge on any atom is 0.250 e. The lowest BCUT2D eigenvalue weighted by Gasteiger charge is -2.24. The van der Waals surface area contributed by atoms with Crippen LogP contribution in [0.2, 0.25) is 0 Å². The molecular weight excluding hydrogens is 427 g/mol. The Morgan fingerprint density at radius 3 is 1.87 bits per heavy atom. The fraction of sp³-hybridized carbons (Fsp3) is 0.667. The molecule has 0 saturated heterocycles. The van der Waals surface area contributed by atoms with E-state index in [1.165, 1.54) is 0 Å². The Kier molecular flexibility index (Phi) is 8.19. The second-order valence-corrected chi connectivity index (χ2v) is 9.09. The molecule has 1 aromatic rings. The lowest BCUT2D eigenvalue weighted by molar-refractivity contribution is 0.686. The smallest absolute Gasteiger partial charge is 0.250 e. The molecule has 0 aliphatic heterocycles. The van der Waals surface area contributed by atoms with Crippen LogP contribution >= 0.6 is 69.6 Å². The van der Waals surface area contributed by atoms with E-state index in [0.29, 0.717) is 13.1 Å². The topological polar surface area (TPSA) is 65.7 Å². The number of hydrogen-bond acceptors (Lipinski definition) is 5. The van der Waals surface area contributed by atoms with Gasteiger partial charge in [0.15, 0.2) is 11.6 Å². The van der Waals surface area contributed by atoms with Crippen molar-refractivity contribution in [3.8, 4) is 6.07 Å². The van der Waals surface area contributed by atoms with Gasteiger partial charge < -0.3 is 4.90 Å². The van der Waals surface area contributed by atoms with Gasteiger partial charge in [-0.1, -0.05) is 83.0 Å². The number of alkyl halides is 6. The van der Waals surface area contributed by atoms with Crippen LogP contribution in [-0.2, 0) is 7.59 Å². The average molecular weight is 440 g/mol. The van der Waals surface area contributed by atoms with E-state index in [4.69, 9.17) is 74.9 Å². The molecule has 0 aromatic carbocycles. The molecule has 0 N–H and O–H groups in total.